The van der Waals surface area contributed by atoms with Crippen molar-refractivity contribution >= 4 is 23.2 Å². The van der Waals surface area contributed by atoms with Crippen LogP contribution in [0.1, 0.15) is 17.3 Å². The number of rotatable bonds is 4. The fraction of sp³-hybridized carbons (Fsp3) is 0.364. The van der Waals surface area contributed by atoms with Crippen LogP contribution < -0.4 is 0 Å². The van der Waals surface area contributed by atoms with Gasteiger partial charge in [0, 0.05) is 19.2 Å². The zero-order valence-electron chi connectivity index (χ0n) is 9.96. The molecule has 0 aromatic heterocycles. The number of nitro benzene ring substituents is 1. The lowest BCUT2D eigenvalue weighted by molar-refractivity contribution is -0.384. The highest BCUT2D eigenvalue weighted by Crippen LogP contribution is 2.23. The molecule has 98 valence electrons. The van der Waals surface area contributed by atoms with E-state index in [0.29, 0.717) is 0 Å². The van der Waals surface area contributed by atoms with Gasteiger partial charge in [0.1, 0.15) is 0 Å². The van der Waals surface area contributed by atoms with Gasteiger partial charge in [-0.2, -0.15) is 0 Å². The van der Waals surface area contributed by atoms with Crippen molar-refractivity contribution in [3.8, 4) is 0 Å². The first-order valence-corrected chi connectivity index (χ1v) is 5.58. The van der Waals surface area contributed by atoms with Crippen LogP contribution in [0.25, 0.3) is 0 Å². The standard InChI is InChI=1S/C11H13ClN2O4/c1-7(6-15)13(2)11(16)9-5-8(14(17)18)3-4-10(9)12/h3-5,7,15H,6H2,1-2H3. The molecule has 1 unspecified atom stereocenters. The van der Waals surface area contributed by atoms with Gasteiger partial charge in [-0.1, -0.05) is 11.6 Å². The highest BCUT2D eigenvalue weighted by atomic mass is 35.5. The lowest BCUT2D eigenvalue weighted by Gasteiger charge is -2.23. The molecule has 0 aliphatic carbocycles. The largest absolute Gasteiger partial charge is 0.394 e. The minimum Gasteiger partial charge on any atom is -0.394 e. The normalized spacial score (nSPS) is 12.0. The Balaban J connectivity index is 3.12. The third-order valence-corrected chi connectivity index (χ3v) is 2.97. The van der Waals surface area contributed by atoms with Crippen molar-refractivity contribution in [2.75, 3.05) is 13.7 Å². The summed E-state index contributed by atoms with van der Waals surface area (Å²) in [6.45, 7) is 1.46. The van der Waals surface area contributed by atoms with Crippen LogP contribution in [0, 0.1) is 10.1 Å². The van der Waals surface area contributed by atoms with Crippen molar-refractivity contribution in [2.45, 2.75) is 13.0 Å². The van der Waals surface area contributed by atoms with Gasteiger partial charge in [0.15, 0.2) is 0 Å². The van der Waals surface area contributed by atoms with E-state index in [4.69, 9.17) is 16.7 Å². The van der Waals surface area contributed by atoms with Gasteiger partial charge in [0.25, 0.3) is 11.6 Å². The number of aliphatic hydroxyl groups is 1. The number of halogens is 1. The molecular weight excluding hydrogens is 260 g/mol. The molecule has 0 bridgehead atoms. The Morgan fingerprint density at radius 3 is 2.72 bits per heavy atom. The second-order valence-electron chi connectivity index (χ2n) is 3.87. The van der Waals surface area contributed by atoms with E-state index in [-0.39, 0.29) is 22.9 Å². The van der Waals surface area contributed by atoms with Gasteiger partial charge in [-0.3, -0.25) is 14.9 Å². The van der Waals surface area contributed by atoms with Crippen LogP contribution in [-0.4, -0.2) is 40.5 Å². The monoisotopic (exact) mass is 272 g/mol. The Labute approximate surface area is 109 Å². The van der Waals surface area contributed by atoms with Crippen molar-refractivity contribution < 1.29 is 14.8 Å². The van der Waals surface area contributed by atoms with Crippen LogP contribution in [-0.2, 0) is 0 Å². The van der Waals surface area contributed by atoms with Crippen LogP contribution >= 0.6 is 11.6 Å². The SMILES string of the molecule is CC(CO)N(C)C(=O)c1cc([N+](=O)[O-])ccc1Cl. The predicted octanol–water partition coefficient (Wildman–Crippen LogP) is 1.70. The fourth-order valence-corrected chi connectivity index (χ4v) is 1.50. The van der Waals surface area contributed by atoms with E-state index in [9.17, 15) is 14.9 Å². The van der Waals surface area contributed by atoms with Crippen LogP contribution in [0.4, 0.5) is 5.69 Å². The van der Waals surface area contributed by atoms with E-state index < -0.39 is 16.9 Å². The van der Waals surface area contributed by atoms with E-state index in [2.05, 4.69) is 0 Å². The molecule has 1 aromatic rings. The minimum atomic E-state index is -0.595. The molecular formula is C11H13ClN2O4. The van der Waals surface area contributed by atoms with E-state index in [1.807, 2.05) is 0 Å². The van der Waals surface area contributed by atoms with E-state index >= 15 is 0 Å². The Bertz CT molecular complexity index is 478. The average molecular weight is 273 g/mol. The molecule has 0 saturated carbocycles. The number of carbonyl (C=O) groups is 1. The summed E-state index contributed by atoms with van der Waals surface area (Å²) in [4.78, 5) is 23.4. The molecule has 0 heterocycles. The fourth-order valence-electron chi connectivity index (χ4n) is 1.30. The molecule has 1 N–H and O–H groups in total. The van der Waals surface area contributed by atoms with Gasteiger partial charge in [-0.05, 0) is 13.0 Å². The number of benzene rings is 1. The zero-order valence-corrected chi connectivity index (χ0v) is 10.7. The summed E-state index contributed by atoms with van der Waals surface area (Å²) in [5.74, 6) is -0.467. The predicted molar refractivity (Wildman–Crippen MR) is 66.7 cm³/mol. The van der Waals surface area contributed by atoms with Gasteiger partial charge in [0.2, 0.25) is 0 Å². The third kappa shape index (κ3) is 2.96. The molecule has 0 aliphatic rings. The van der Waals surface area contributed by atoms with Gasteiger partial charge in [-0.15, -0.1) is 0 Å². The van der Waals surface area contributed by atoms with Gasteiger partial charge in [-0.25, -0.2) is 0 Å². The number of nitrogens with zero attached hydrogens (tertiary/aromatic N) is 2. The number of aliphatic hydroxyl groups excluding tert-OH is 1. The lowest BCUT2D eigenvalue weighted by Crippen LogP contribution is -2.37. The Morgan fingerprint density at radius 1 is 1.61 bits per heavy atom. The number of amides is 1. The third-order valence-electron chi connectivity index (χ3n) is 2.64. The maximum Gasteiger partial charge on any atom is 0.270 e. The molecule has 1 atom stereocenters. The number of non-ortho nitro benzene ring substituents is 1. The van der Waals surface area contributed by atoms with Crippen LogP contribution in [0.2, 0.25) is 5.02 Å². The second-order valence-corrected chi connectivity index (χ2v) is 4.28. The second kappa shape index (κ2) is 5.79. The molecule has 1 rings (SSSR count). The molecule has 18 heavy (non-hydrogen) atoms. The number of likely N-dealkylation sites (N-methyl/N-ethyl adjacent to an activating group) is 1. The number of hydrogen-bond acceptors (Lipinski definition) is 4. The molecule has 6 nitrogen and oxygen atoms in total. The summed E-state index contributed by atoms with van der Waals surface area (Å²) >= 11 is 5.86. The first-order chi connectivity index (χ1) is 8.38. The highest BCUT2D eigenvalue weighted by Gasteiger charge is 2.21. The summed E-state index contributed by atoms with van der Waals surface area (Å²) in [7, 11) is 1.50. The van der Waals surface area contributed by atoms with Gasteiger partial charge >= 0.3 is 0 Å². The van der Waals surface area contributed by atoms with Gasteiger partial charge in [0.05, 0.1) is 28.2 Å². The van der Waals surface area contributed by atoms with Gasteiger partial charge < -0.3 is 10.0 Å². The number of carbonyl (C=O) groups excluding carboxylic acids is 1. The maximum absolute atomic E-state index is 12.0. The maximum atomic E-state index is 12.0. The quantitative estimate of drug-likeness (QED) is 0.668. The van der Waals surface area contributed by atoms with Crippen LogP contribution in [0.3, 0.4) is 0 Å². The number of hydrogen-bond donors (Lipinski definition) is 1. The van der Waals surface area contributed by atoms with Crippen molar-refractivity contribution in [3.05, 3.63) is 38.9 Å². The first-order valence-electron chi connectivity index (χ1n) is 5.20. The molecule has 7 heteroatoms. The molecule has 1 aromatic carbocycles. The summed E-state index contributed by atoms with van der Waals surface area (Å²) < 4.78 is 0. The molecule has 0 fully saturated rings. The molecule has 0 spiro atoms. The first kappa shape index (κ1) is 14.4. The minimum absolute atomic E-state index is 0.0497. The number of nitro groups is 1. The molecule has 0 saturated heterocycles. The zero-order chi connectivity index (χ0) is 13.9. The van der Waals surface area contributed by atoms with E-state index in [0.717, 1.165) is 6.07 Å². The van der Waals surface area contributed by atoms with Crippen molar-refractivity contribution in [3.63, 3.8) is 0 Å². The van der Waals surface area contributed by atoms with E-state index in [1.54, 1.807) is 6.92 Å². The lowest BCUT2D eigenvalue weighted by atomic mass is 10.1. The summed E-state index contributed by atoms with van der Waals surface area (Å²) in [6, 6.07) is 3.28. The Hall–Kier alpha value is -1.66. The molecule has 1 amide bonds. The van der Waals surface area contributed by atoms with Crippen molar-refractivity contribution in [1.29, 1.82) is 0 Å². The van der Waals surface area contributed by atoms with Crippen LogP contribution in [0.5, 0.6) is 0 Å². The van der Waals surface area contributed by atoms with Crippen molar-refractivity contribution in [1.82, 2.24) is 4.90 Å². The van der Waals surface area contributed by atoms with Crippen LogP contribution in [0.15, 0.2) is 18.2 Å². The summed E-state index contributed by atoms with van der Waals surface area (Å²) in [5.41, 5.74) is -0.151. The summed E-state index contributed by atoms with van der Waals surface area (Å²) in [5, 5.41) is 19.8. The highest BCUT2D eigenvalue weighted by molar-refractivity contribution is 6.33. The Morgan fingerprint density at radius 2 is 2.22 bits per heavy atom. The Kier molecular flexibility index (Phi) is 4.63. The average Bonchev–Trinajstić information content (AvgIpc) is 2.36. The van der Waals surface area contributed by atoms with E-state index in [1.165, 1.54) is 24.1 Å². The molecule has 0 aliphatic heterocycles. The smallest absolute Gasteiger partial charge is 0.270 e. The topological polar surface area (TPSA) is 83.7 Å². The molecule has 0 radical (unpaired) electrons. The summed E-state index contributed by atoms with van der Waals surface area (Å²) in [6.07, 6.45) is 0. The van der Waals surface area contributed by atoms with Crippen molar-refractivity contribution in [2.24, 2.45) is 0 Å².